The molecule has 1 aromatic rings. The number of hydrogen-bond donors (Lipinski definition) is 2. The molecule has 1 aliphatic heterocycles. The van der Waals surface area contributed by atoms with Crippen LogP contribution in [-0.4, -0.2) is 68.0 Å². The van der Waals surface area contributed by atoms with Gasteiger partial charge in [0, 0.05) is 31.7 Å². The molecule has 1 unspecified atom stereocenters. The Morgan fingerprint density at radius 2 is 1.91 bits per heavy atom. The van der Waals surface area contributed by atoms with Gasteiger partial charge in [-0.05, 0) is 32.2 Å². The van der Waals surface area contributed by atoms with Gasteiger partial charge in [-0.2, -0.15) is 0 Å². The lowest BCUT2D eigenvalue weighted by atomic mass is 10.1. The molecule has 23 heavy (non-hydrogen) atoms. The molecule has 0 aromatic heterocycles. The van der Waals surface area contributed by atoms with Crippen molar-refractivity contribution in [1.29, 1.82) is 0 Å². The van der Waals surface area contributed by atoms with Crippen LogP contribution in [-0.2, 0) is 4.79 Å². The number of likely N-dealkylation sites (N-methyl/N-ethyl adjacent to an activating group) is 1. The Balaban J connectivity index is 2.19. The van der Waals surface area contributed by atoms with E-state index >= 15 is 0 Å². The van der Waals surface area contributed by atoms with E-state index < -0.39 is 6.04 Å². The van der Waals surface area contributed by atoms with Crippen molar-refractivity contribution in [2.75, 3.05) is 45.7 Å². The molecule has 7 nitrogen and oxygen atoms in total. The molecular formula is C16H24N4O3. The maximum Gasteiger partial charge on any atom is 0.254 e. The Labute approximate surface area is 136 Å². The molecule has 2 amide bonds. The smallest absolute Gasteiger partial charge is 0.254 e. The SMILES string of the molecule is COc1ccc(C(=O)N2CCN(C)CC2)cc1NC(=O)C(C)N. The number of amides is 2. The fraction of sp³-hybridized carbons (Fsp3) is 0.500. The average Bonchev–Trinajstić information content (AvgIpc) is 2.54. The highest BCUT2D eigenvalue weighted by atomic mass is 16.5. The van der Waals surface area contributed by atoms with E-state index in [1.54, 1.807) is 25.1 Å². The van der Waals surface area contributed by atoms with Gasteiger partial charge >= 0.3 is 0 Å². The number of hydrogen-bond acceptors (Lipinski definition) is 5. The minimum Gasteiger partial charge on any atom is -0.495 e. The van der Waals surface area contributed by atoms with Crippen molar-refractivity contribution >= 4 is 17.5 Å². The van der Waals surface area contributed by atoms with Crippen LogP contribution in [0.15, 0.2) is 18.2 Å². The summed E-state index contributed by atoms with van der Waals surface area (Å²) in [6.07, 6.45) is 0. The number of carbonyl (C=O) groups is 2. The molecule has 0 spiro atoms. The van der Waals surface area contributed by atoms with E-state index in [-0.39, 0.29) is 11.8 Å². The summed E-state index contributed by atoms with van der Waals surface area (Å²) in [7, 11) is 3.55. The van der Waals surface area contributed by atoms with Crippen LogP contribution >= 0.6 is 0 Å². The van der Waals surface area contributed by atoms with Gasteiger partial charge in [0.05, 0.1) is 18.8 Å². The Bertz CT molecular complexity index is 581. The molecule has 7 heteroatoms. The summed E-state index contributed by atoms with van der Waals surface area (Å²) in [5.41, 5.74) is 6.55. The second-order valence-electron chi connectivity index (χ2n) is 5.79. The van der Waals surface area contributed by atoms with E-state index in [0.29, 0.717) is 30.1 Å². The Kier molecular flexibility index (Phi) is 5.57. The Morgan fingerprint density at radius 1 is 1.26 bits per heavy atom. The average molecular weight is 320 g/mol. The van der Waals surface area contributed by atoms with Gasteiger partial charge in [-0.3, -0.25) is 9.59 Å². The van der Waals surface area contributed by atoms with Crippen molar-refractivity contribution < 1.29 is 14.3 Å². The maximum absolute atomic E-state index is 12.6. The van der Waals surface area contributed by atoms with Crippen molar-refractivity contribution in [3.05, 3.63) is 23.8 Å². The van der Waals surface area contributed by atoms with E-state index in [4.69, 9.17) is 10.5 Å². The van der Waals surface area contributed by atoms with Gasteiger partial charge in [-0.1, -0.05) is 0 Å². The van der Waals surface area contributed by atoms with E-state index in [0.717, 1.165) is 13.1 Å². The maximum atomic E-state index is 12.6. The quantitative estimate of drug-likeness (QED) is 0.837. The van der Waals surface area contributed by atoms with Gasteiger partial charge in [0.1, 0.15) is 5.75 Å². The molecule has 2 rings (SSSR count). The first-order chi connectivity index (χ1) is 10.9. The predicted octanol–water partition coefficient (Wildman–Crippen LogP) is 0.369. The van der Waals surface area contributed by atoms with Crippen molar-refractivity contribution in [1.82, 2.24) is 9.80 Å². The van der Waals surface area contributed by atoms with Crippen LogP contribution in [0.3, 0.4) is 0 Å². The highest BCUT2D eigenvalue weighted by Crippen LogP contribution is 2.26. The largest absolute Gasteiger partial charge is 0.495 e. The molecule has 1 saturated heterocycles. The molecule has 126 valence electrons. The number of anilines is 1. The van der Waals surface area contributed by atoms with E-state index in [9.17, 15) is 9.59 Å². The summed E-state index contributed by atoms with van der Waals surface area (Å²) in [5, 5.41) is 2.70. The number of nitrogens with two attached hydrogens (primary N) is 1. The Hall–Kier alpha value is -2.12. The fourth-order valence-electron chi connectivity index (χ4n) is 2.38. The first-order valence-electron chi connectivity index (χ1n) is 7.64. The van der Waals surface area contributed by atoms with Crippen LogP contribution in [0.2, 0.25) is 0 Å². The number of benzene rings is 1. The van der Waals surface area contributed by atoms with Crippen molar-refractivity contribution in [3.8, 4) is 5.75 Å². The minimum atomic E-state index is -0.642. The number of nitrogens with zero attached hydrogens (tertiary/aromatic N) is 2. The molecular weight excluding hydrogens is 296 g/mol. The third kappa shape index (κ3) is 4.20. The third-order valence-electron chi connectivity index (χ3n) is 3.91. The van der Waals surface area contributed by atoms with Crippen molar-refractivity contribution in [2.24, 2.45) is 5.73 Å². The number of rotatable bonds is 4. The van der Waals surface area contributed by atoms with Crippen LogP contribution in [0.25, 0.3) is 0 Å². The van der Waals surface area contributed by atoms with E-state index in [1.165, 1.54) is 7.11 Å². The minimum absolute atomic E-state index is 0.0444. The fourth-order valence-corrected chi connectivity index (χ4v) is 2.38. The molecule has 0 bridgehead atoms. The molecule has 1 aliphatic rings. The lowest BCUT2D eigenvalue weighted by molar-refractivity contribution is -0.117. The second kappa shape index (κ2) is 7.43. The van der Waals surface area contributed by atoms with Gasteiger partial charge in [-0.15, -0.1) is 0 Å². The second-order valence-corrected chi connectivity index (χ2v) is 5.79. The zero-order valence-corrected chi connectivity index (χ0v) is 13.8. The topological polar surface area (TPSA) is 87.9 Å². The molecule has 1 fully saturated rings. The first-order valence-corrected chi connectivity index (χ1v) is 7.64. The van der Waals surface area contributed by atoms with Crippen molar-refractivity contribution in [2.45, 2.75) is 13.0 Å². The number of methoxy groups -OCH3 is 1. The highest BCUT2D eigenvalue weighted by molar-refractivity contribution is 5.99. The van der Waals surface area contributed by atoms with Gasteiger partial charge in [-0.25, -0.2) is 0 Å². The molecule has 0 radical (unpaired) electrons. The molecule has 0 saturated carbocycles. The van der Waals surface area contributed by atoms with E-state index in [2.05, 4.69) is 10.2 Å². The van der Waals surface area contributed by atoms with Crippen LogP contribution in [0.1, 0.15) is 17.3 Å². The molecule has 1 aromatic carbocycles. The summed E-state index contributed by atoms with van der Waals surface area (Å²) in [5.74, 6) is 0.124. The van der Waals surface area contributed by atoms with Gasteiger partial charge in [0.2, 0.25) is 5.91 Å². The number of carbonyl (C=O) groups excluding carboxylic acids is 2. The van der Waals surface area contributed by atoms with Crippen LogP contribution in [0.5, 0.6) is 5.75 Å². The normalized spacial score (nSPS) is 16.8. The number of piperazine rings is 1. The van der Waals surface area contributed by atoms with Gasteiger partial charge in [0.25, 0.3) is 5.91 Å². The predicted molar refractivity (Wildman–Crippen MR) is 88.7 cm³/mol. The zero-order chi connectivity index (χ0) is 17.0. The third-order valence-corrected chi connectivity index (χ3v) is 3.91. The summed E-state index contributed by atoms with van der Waals surface area (Å²) >= 11 is 0. The number of nitrogens with one attached hydrogen (secondary N) is 1. The zero-order valence-electron chi connectivity index (χ0n) is 13.8. The standard InChI is InChI=1S/C16H24N4O3/c1-11(17)15(21)18-13-10-12(4-5-14(13)23-3)16(22)20-8-6-19(2)7-9-20/h4-5,10-11H,6-9,17H2,1-3H3,(H,18,21). The molecule has 1 heterocycles. The molecule has 3 N–H and O–H groups in total. The lowest BCUT2D eigenvalue weighted by Crippen LogP contribution is -2.47. The van der Waals surface area contributed by atoms with Crippen molar-refractivity contribution in [3.63, 3.8) is 0 Å². The summed E-state index contributed by atoms with van der Waals surface area (Å²) in [4.78, 5) is 28.4. The molecule has 0 aliphatic carbocycles. The van der Waals surface area contributed by atoms with E-state index in [1.807, 2.05) is 11.9 Å². The van der Waals surface area contributed by atoms with Crippen LogP contribution in [0.4, 0.5) is 5.69 Å². The number of ether oxygens (including phenoxy) is 1. The van der Waals surface area contributed by atoms with Crippen LogP contribution < -0.4 is 15.8 Å². The van der Waals surface area contributed by atoms with Gasteiger partial charge < -0.3 is 25.6 Å². The monoisotopic (exact) mass is 320 g/mol. The lowest BCUT2D eigenvalue weighted by Gasteiger charge is -2.32. The first kappa shape index (κ1) is 17.2. The molecule has 1 atom stereocenters. The van der Waals surface area contributed by atoms with Gasteiger partial charge in [0.15, 0.2) is 0 Å². The summed E-state index contributed by atoms with van der Waals surface area (Å²) < 4.78 is 5.23. The Morgan fingerprint density at radius 3 is 2.48 bits per heavy atom. The summed E-state index contributed by atoms with van der Waals surface area (Å²) in [6.45, 7) is 4.71. The van der Waals surface area contributed by atoms with Crippen LogP contribution in [0, 0.1) is 0 Å². The summed E-state index contributed by atoms with van der Waals surface area (Å²) in [6, 6.07) is 4.39. The highest BCUT2D eigenvalue weighted by Gasteiger charge is 2.21.